The number of benzene rings is 2. The van der Waals surface area contributed by atoms with Gasteiger partial charge in [0.1, 0.15) is 18.4 Å². The molecule has 1 atom stereocenters. The number of unbranched alkanes of at least 4 members (excludes halogenated alkanes) is 1. The molecule has 5 rings (SSSR count). The highest BCUT2D eigenvalue weighted by Gasteiger charge is 2.39. The van der Waals surface area contributed by atoms with Gasteiger partial charge in [0.05, 0.1) is 17.8 Å². The van der Waals surface area contributed by atoms with Gasteiger partial charge in [0.15, 0.2) is 6.10 Å². The van der Waals surface area contributed by atoms with Gasteiger partial charge < -0.3 is 19.5 Å². The summed E-state index contributed by atoms with van der Waals surface area (Å²) in [5.74, 6) is 0.755. The molecule has 12 heteroatoms. The first-order chi connectivity index (χ1) is 19.7. The predicted molar refractivity (Wildman–Crippen MR) is 149 cm³/mol. The van der Waals surface area contributed by atoms with Crippen molar-refractivity contribution in [3.05, 3.63) is 60.7 Å². The zero-order chi connectivity index (χ0) is 29.0. The van der Waals surface area contributed by atoms with E-state index in [0.717, 1.165) is 79.0 Å². The Bertz CT molecular complexity index is 1500. The standard InChI is InChI=1S/C29H31F3N6O3/c1-19(29(30,31)32)41-28(39)36-21-9-7-20(8-10-21)27-25(16-33)24-12-11-23(15-26(24)38(27)22-5-4-6-22)40-14-3-2-13-37-18-34-17-35-37/h7-12,15-19,22,33H,2-6,13-14H2,1H3,(H,36,39)/t19-/m1/s1. The topological polar surface area (TPSA) is 107 Å². The molecule has 1 amide bonds. The molecule has 1 saturated carbocycles. The molecule has 2 aromatic carbocycles. The van der Waals surface area contributed by atoms with E-state index in [4.69, 9.17) is 10.1 Å². The molecule has 0 aliphatic heterocycles. The lowest BCUT2D eigenvalue weighted by atomic mass is 9.92. The minimum Gasteiger partial charge on any atom is -0.494 e. The van der Waals surface area contributed by atoms with Crippen molar-refractivity contribution >= 4 is 28.9 Å². The van der Waals surface area contributed by atoms with Crippen LogP contribution in [-0.2, 0) is 11.3 Å². The maximum atomic E-state index is 12.7. The lowest BCUT2D eigenvalue weighted by Crippen LogP contribution is -2.32. The molecule has 2 N–H and O–H groups in total. The van der Waals surface area contributed by atoms with Gasteiger partial charge in [0.25, 0.3) is 0 Å². The molecule has 216 valence electrons. The summed E-state index contributed by atoms with van der Waals surface area (Å²) in [6, 6.07) is 13.0. The van der Waals surface area contributed by atoms with Crippen LogP contribution in [0.3, 0.4) is 0 Å². The number of aryl methyl sites for hydroxylation is 1. The molecule has 1 aliphatic rings. The van der Waals surface area contributed by atoms with Crippen LogP contribution in [-0.4, -0.2) is 50.5 Å². The van der Waals surface area contributed by atoms with Gasteiger partial charge in [-0.15, -0.1) is 0 Å². The highest BCUT2D eigenvalue weighted by Crippen LogP contribution is 2.43. The Morgan fingerprint density at radius 2 is 1.98 bits per heavy atom. The molecule has 41 heavy (non-hydrogen) atoms. The summed E-state index contributed by atoms with van der Waals surface area (Å²) in [4.78, 5) is 15.9. The van der Waals surface area contributed by atoms with Crippen LogP contribution in [0.15, 0.2) is 55.1 Å². The van der Waals surface area contributed by atoms with Crippen LogP contribution < -0.4 is 10.1 Å². The van der Waals surface area contributed by atoms with Crippen LogP contribution in [0.2, 0.25) is 0 Å². The summed E-state index contributed by atoms with van der Waals surface area (Å²) in [5, 5.41) is 15.6. The lowest BCUT2D eigenvalue weighted by molar-refractivity contribution is -0.196. The van der Waals surface area contributed by atoms with Crippen molar-refractivity contribution in [2.75, 3.05) is 11.9 Å². The number of anilines is 1. The molecule has 1 aliphatic carbocycles. The summed E-state index contributed by atoms with van der Waals surface area (Å²) >= 11 is 0. The van der Waals surface area contributed by atoms with Crippen LogP contribution in [0.4, 0.5) is 23.7 Å². The summed E-state index contributed by atoms with van der Waals surface area (Å²) in [6.45, 7) is 2.12. The molecular formula is C29H31F3N6O3. The first kappa shape index (κ1) is 28.2. The Labute approximate surface area is 234 Å². The monoisotopic (exact) mass is 568 g/mol. The number of amides is 1. The first-order valence-corrected chi connectivity index (χ1v) is 13.5. The quantitative estimate of drug-likeness (QED) is 0.150. The number of nitrogens with zero attached hydrogens (tertiary/aromatic N) is 4. The first-order valence-electron chi connectivity index (χ1n) is 13.5. The number of alkyl halides is 3. The van der Waals surface area contributed by atoms with E-state index < -0.39 is 18.4 Å². The van der Waals surface area contributed by atoms with Crippen molar-refractivity contribution in [2.45, 2.75) is 63.9 Å². The fourth-order valence-corrected chi connectivity index (χ4v) is 4.87. The second-order valence-electron chi connectivity index (χ2n) is 10.0. The van der Waals surface area contributed by atoms with Gasteiger partial charge in [0, 0.05) is 41.5 Å². The Hall–Kier alpha value is -4.35. The molecule has 0 spiro atoms. The van der Waals surface area contributed by atoms with Crippen molar-refractivity contribution in [1.29, 1.82) is 5.41 Å². The number of nitrogens with one attached hydrogen (secondary N) is 2. The molecule has 2 heterocycles. The van der Waals surface area contributed by atoms with Crippen molar-refractivity contribution < 1.29 is 27.4 Å². The predicted octanol–water partition coefficient (Wildman–Crippen LogP) is 6.98. The maximum Gasteiger partial charge on any atom is 0.425 e. The smallest absolute Gasteiger partial charge is 0.425 e. The van der Waals surface area contributed by atoms with Crippen molar-refractivity contribution in [3.8, 4) is 17.0 Å². The maximum absolute atomic E-state index is 12.7. The number of halogens is 3. The zero-order valence-electron chi connectivity index (χ0n) is 22.5. The van der Waals surface area contributed by atoms with Gasteiger partial charge in [0.2, 0.25) is 0 Å². The largest absolute Gasteiger partial charge is 0.494 e. The highest BCUT2D eigenvalue weighted by molar-refractivity contribution is 6.06. The average molecular weight is 569 g/mol. The van der Waals surface area contributed by atoms with Gasteiger partial charge in [-0.05, 0) is 68.9 Å². The van der Waals surface area contributed by atoms with Crippen LogP contribution >= 0.6 is 0 Å². The van der Waals surface area contributed by atoms with E-state index >= 15 is 0 Å². The van der Waals surface area contributed by atoms with Crippen molar-refractivity contribution in [2.24, 2.45) is 0 Å². The average Bonchev–Trinajstić information content (AvgIpc) is 3.53. The summed E-state index contributed by atoms with van der Waals surface area (Å²) in [7, 11) is 0. The SMILES string of the molecule is C[C@@H](OC(=O)Nc1ccc(-c2c(C=N)c3ccc(OCCCCn4cncn4)cc3n2C2CCC2)cc1)C(F)(F)F. The van der Waals surface area contributed by atoms with Crippen molar-refractivity contribution in [3.63, 3.8) is 0 Å². The number of hydrogen-bond donors (Lipinski definition) is 2. The Balaban J connectivity index is 1.35. The summed E-state index contributed by atoms with van der Waals surface area (Å²) in [6.07, 6.45) is 1.45. The van der Waals surface area contributed by atoms with E-state index in [-0.39, 0.29) is 6.04 Å². The Kier molecular flexibility index (Phi) is 8.27. The summed E-state index contributed by atoms with van der Waals surface area (Å²) in [5.41, 5.74) is 3.75. The molecule has 1 fully saturated rings. The van der Waals surface area contributed by atoms with Gasteiger partial charge in [-0.3, -0.25) is 10.00 Å². The van der Waals surface area contributed by atoms with E-state index in [1.54, 1.807) is 35.3 Å². The van der Waals surface area contributed by atoms with Crippen LogP contribution in [0.25, 0.3) is 22.2 Å². The number of fused-ring (bicyclic) bond motifs is 1. The van der Waals surface area contributed by atoms with E-state index in [2.05, 4.69) is 24.7 Å². The Morgan fingerprint density at radius 1 is 1.20 bits per heavy atom. The van der Waals surface area contributed by atoms with E-state index in [1.807, 2.05) is 18.2 Å². The number of aromatic nitrogens is 4. The summed E-state index contributed by atoms with van der Waals surface area (Å²) < 4.78 is 52.7. The van der Waals surface area contributed by atoms with Crippen LogP contribution in [0.1, 0.15) is 50.6 Å². The minimum absolute atomic E-state index is 0.274. The minimum atomic E-state index is -4.64. The Morgan fingerprint density at radius 3 is 2.61 bits per heavy atom. The van der Waals surface area contributed by atoms with E-state index in [1.165, 1.54) is 12.5 Å². The molecular weight excluding hydrogens is 537 g/mol. The van der Waals surface area contributed by atoms with E-state index in [0.29, 0.717) is 12.3 Å². The number of rotatable bonds is 11. The van der Waals surface area contributed by atoms with Crippen LogP contribution in [0.5, 0.6) is 5.75 Å². The third kappa shape index (κ3) is 6.36. The fraction of sp³-hybridized carbons (Fsp3) is 0.379. The van der Waals surface area contributed by atoms with Gasteiger partial charge >= 0.3 is 12.3 Å². The van der Waals surface area contributed by atoms with Gasteiger partial charge in [-0.2, -0.15) is 18.3 Å². The molecule has 0 unspecified atom stereocenters. The second-order valence-corrected chi connectivity index (χ2v) is 10.0. The molecule has 9 nitrogen and oxygen atoms in total. The molecule has 2 aromatic heterocycles. The molecule has 0 bridgehead atoms. The van der Waals surface area contributed by atoms with Crippen LogP contribution in [0, 0.1) is 5.41 Å². The number of carbonyl (C=O) groups is 1. The molecule has 0 saturated heterocycles. The lowest BCUT2D eigenvalue weighted by Gasteiger charge is -2.30. The zero-order valence-corrected chi connectivity index (χ0v) is 22.5. The third-order valence-corrected chi connectivity index (χ3v) is 7.27. The van der Waals surface area contributed by atoms with E-state index in [9.17, 15) is 18.0 Å². The number of carbonyl (C=O) groups excluding carboxylic acids is 1. The normalized spacial score (nSPS) is 14.4. The highest BCUT2D eigenvalue weighted by atomic mass is 19.4. The molecule has 0 radical (unpaired) electrons. The van der Waals surface area contributed by atoms with Gasteiger partial charge in [-0.25, -0.2) is 9.78 Å². The van der Waals surface area contributed by atoms with Gasteiger partial charge in [-0.1, -0.05) is 12.1 Å². The molecule has 4 aromatic rings. The number of ether oxygens (including phenoxy) is 2. The second kappa shape index (κ2) is 12.0. The third-order valence-electron chi connectivity index (χ3n) is 7.27. The number of hydrogen-bond acceptors (Lipinski definition) is 6. The van der Waals surface area contributed by atoms with Crippen molar-refractivity contribution in [1.82, 2.24) is 19.3 Å². The fourth-order valence-electron chi connectivity index (χ4n) is 4.87.